The number of carbonyl (C=O) groups excluding carboxylic acids is 1. The molecule has 2 rings (SSSR count). The standard InChI is InChI=1S/C15H26N4O/c1-10-7-6-8-11(2)14(10)18(4)15(20)16-13-9-12(3)17-19(13)5/h9-11,14H,6-8H2,1-5H3,(H,16,20)/t10-,11+,14?. The average Bonchev–Trinajstić information content (AvgIpc) is 2.67. The minimum atomic E-state index is -0.0430. The van der Waals surface area contributed by atoms with Gasteiger partial charge in [0.1, 0.15) is 5.82 Å². The summed E-state index contributed by atoms with van der Waals surface area (Å²) in [6.07, 6.45) is 3.68. The van der Waals surface area contributed by atoms with Crippen molar-refractivity contribution in [3.63, 3.8) is 0 Å². The minimum absolute atomic E-state index is 0.0430. The van der Waals surface area contributed by atoms with Crippen molar-refractivity contribution < 1.29 is 4.79 Å². The Morgan fingerprint density at radius 2 is 2.00 bits per heavy atom. The maximum absolute atomic E-state index is 12.4. The predicted octanol–water partition coefficient (Wildman–Crippen LogP) is 3.02. The fourth-order valence-electron chi connectivity index (χ4n) is 3.49. The Hall–Kier alpha value is -1.52. The van der Waals surface area contributed by atoms with Crippen molar-refractivity contribution in [3.8, 4) is 0 Å². The summed E-state index contributed by atoms with van der Waals surface area (Å²) in [6, 6.07) is 2.16. The molecule has 1 fully saturated rings. The van der Waals surface area contributed by atoms with E-state index < -0.39 is 0 Å². The number of aryl methyl sites for hydroxylation is 2. The van der Waals surface area contributed by atoms with Crippen molar-refractivity contribution in [2.75, 3.05) is 12.4 Å². The molecular formula is C15H26N4O. The molecule has 1 unspecified atom stereocenters. The van der Waals surface area contributed by atoms with E-state index in [2.05, 4.69) is 24.3 Å². The molecule has 0 bridgehead atoms. The van der Waals surface area contributed by atoms with Crippen LogP contribution in [0.4, 0.5) is 10.6 Å². The fraction of sp³-hybridized carbons (Fsp3) is 0.733. The molecular weight excluding hydrogens is 252 g/mol. The molecule has 0 radical (unpaired) electrons. The first kappa shape index (κ1) is 14.9. The van der Waals surface area contributed by atoms with Gasteiger partial charge < -0.3 is 4.90 Å². The Balaban J connectivity index is 2.06. The summed E-state index contributed by atoms with van der Waals surface area (Å²) < 4.78 is 1.70. The zero-order chi connectivity index (χ0) is 14.9. The summed E-state index contributed by atoms with van der Waals surface area (Å²) in [6.45, 7) is 6.42. The van der Waals surface area contributed by atoms with E-state index in [1.165, 1.54) is 19.3 Å². The summed E-state index contributed by atoms with van der Waals surface area (Å²) in [7, 11) is 3.75. The topological polar surface area (TPSA) is 50.2 Å². The molecule has 112 valence electrons. The van der Waals surface area contributed by atoms with E-state index in [1.807, 2.05) is 32.0 Å². The van der Waals surface area contributed by atoms with Crippen molar-refractivity contribution in [1.29, 1.82) is 0 Å². The van der Waals surface area contributed by atoms with Crippen LogP contribution in [-0.4, -0.2) is 33.8 Å². The minimum Gasteiger partial charge on any atom is -0.324 e. The molecule has 0 aromatic carbocycles. The lowest BCUT2D eigenvalue weighted by molar-refractivity contribution is 0.115. The summed E-state index contributed by atoms with van der Waals surface area (Å²) >= 11 is 0. The number of aromatic nitrogens is 2. The third-order valence-electron chi connectivity index (χ3n) is 4.49. The lowest BCUT2D eigenvalue weighted by atomic mass is 9.78. The number of nitrogens with one attached hydrogen (secondary N) is 1. The average molecular weight is 278 g/mol. The maximum Gasteiger partial charge on any atom is 0.323 e. The van der Waals surface area contributed by atoms with Crippen LogP contribution in [0.1, 0.15) is 38.8 Å². The van der Waals surface area contributed by atoms with Crippen molar-refractivity contribution in [3.05, 3.63) is 11.8 Å². The molecule has 1 saturated carbocycles. The van der Waals surface area contributed by atoms with Crippen LogP contribution < -0.4 is 5.32 Å². The van der Waals surface area contributed by atoms with Crippen molar-refractivity contribution in [2.45, 2.75) is 46.1 Å². The summed E-state index contributed by atoms with van der Waals surface area (Å²) in [5, 5.41) is 7.21. The van der Waals surface area contributed by atoms with Gasteiger partial charge in [0.2, 0.25) is 0 Å². The Morgan fingerprint density at radius 1 is 1.40 bits per heavy atom. The lowest BCUT2D eigenvalue weighted by Gasteiger charge is -2.40. The molecule has 1 N–H and O–H groups in total. The van der Waals surface area contributed by atoms with E-state index in [0.717, 1.165) is 11.5 Å². The molecule has 2 amide bonds. The van der Waals surface area contributed by atoms with Crippen LogP contribution in [0.2, 0.25) is 0 Å². The zero-order valence-electron chi connectivity index (χ0n) is 13.2. The molecule has 1 aromatic rings. The van der Waals surface area contributed by atoms with Crippen LogP contribution in [0.15, 0.2) is 6.07 Å². The largest absolute Gasteiger partial charge is 0.324 e. The van der Waals surface area contributed by atoms with E-state index in [9.17, 15) is 4.79 Å². The first-order chi connectivity index (χ1) is 9.40. The SMILES string of the molecule is Cc1cc(NC(=O)N(C)C2[C@H](C)CCC[C@@H]2C)n(C)n1. The number of urea groups is 1. The van der Waals surface area contributed by atoms with E-state index in [0.29, 0.717) is 17.9 Å². The van der Waals surface area contributed by atoms with Gasteiger partial charge in [-0.15, -0.1) is 0 Å². The molecule has 5 nitrogen and oxygen atoms in total. The Morgan fingerprint density at radius 3 is 2.50 bits per heavy atom. The highest BCUT2D eigenvalue weighted by Crippen LogP contribution is 2.32. The summed E-state index contributed by atoms with van der Waals surface area (Å²) in [5.41, 5.74) is 0.907. The molecule has 1 heterocycles. The monoisotopic (exact) mass is 278 g/mol. The van der Waals surface area contributed by atoms with Crippen LogP contribution >= 0.6 is 0 Å². The second-order valence-corrected chi connectivity index (χ2v) is 6.21. The van der Waals surface area contributed by atoms with Gasteiger partial charge in [0, 0.05) is 26.2 Å². The highest BCUT2D eigenvalue weighted by Gasteiger charge is 2.33. The van der Waals surface area contributed by atoms with E-state index >= 15 is 0 Å². The van der Waals surface area contributed by atoms with Crippen molar-refractivity contribution in [2.24, 2.45) is 18.9 Å². The lowest BCUT2D eigenvalue weighted by Crippen LogP contribution is -2.48. The Labute approximate surface area is 121 Å². The third kappa shape index (κ3) is 2.97. The van der Waals surface area contributed by atoms with Crippen LogP contribution in [0.3, 0.4) is 0 Å². The first-order valence-electron chi connectivity index (χ1n) is 7.44. The predicted molar refractivity (Wildman–Crippen MR) is 80.7 cm³/mol. The number of amides is 2. The molecule has 1 aromatic heterocycles. The molecule has 5 heteroatoms. The van der Waals surface area contributed by atoms with Crippen molar-refractivity contribution >= 4 is 11.8 Å². The molecule has 1 aliphatic carbocycles. The first-order valence-corrected chi connectivity index (χ1v) is 7.44. The number of carbonyl (C=O) groups is 1. The number of rotatable bonds is 2. The van der Waals surface area contributed by atoms with Gasteiger partial charge in [-0.25, -0.2) is 4.79 Å². The highest BCUT2D eigenvalue weighted by molar-refractivity contribution is 5.88. The van der Waals surface area contributed by atoms with Crippen LogP contribution in [0, 0.1) is 18.8 Å². The van der Waals surface area contributed by atoms with Gasteiger partial charge in [-0.3, -0.25) is 10.00 Å². The zero-order valence-corrected chi connectivity index (χ0v) is 13.2. The van der Waals surface area contributed by atoms with Crippen molar-refractivity contribution in [1.82, 2.24) is 14.7 Å². The van der Waals surface area contributed by atoms with Gasteiger partial charge in [0.05, 0.1) is 5.69 Å². The van der Waals surface area contributed by atoms with Crippen LogP contribution in [0.5, 0.6) is 0 Å². The quantitative estimate of drug-likeness (QED) is 0.904. The van der Waals surface area contributed by atoms with Gasteiger partial charge in [-0.1, -0.05) is 20.3 Å². The number of anilines is 1. The fourth-order valence-corrected chi connectivity index (χ4v) is 3.49. The molecule has 1 aliphatic rings. The van der Waals surface area contributed by atoms with Gasteiger partial charge >= 0.3 is 6.03 Å². The highest BCUT2D eigenvalue weighted by atomic mass is 16.2. The summed E-state index contributed by atoms with van der Waals surface area (Å²) in [5.74, 6) is 1.86. The van der Waals surface area contributed by atoms with Gasteiger partial charge in [0.25, 0.3) is 0 Å². The second kappa shape index (κ2) is 5.85. The molecule has 0 spiro atoms. The van der Waals surface area contributed by atoms with Gasteiger partial charge in [0.15, 0.2) is 0 Å². The van der Waals surface area contributed by atoms with E-state index in [4.69, 9.17) is 0 Å². The smallest absolute Gasteiger partial charge is 0.323 e. The number of hydrogen-bond acceptors (Lipinski definition) is 2. The van der Waals surface area contributed by atoms with Crippen LogP contribution in [-0.2, 0) is 7.05 Å². The molecule has 20 heavy (non-hydrogen) atoms. The second-order valence-electron chi connectivity index (χ2n) is 6.21. The third-order valence-corrected chi connectivity index (χ3v) is 4.49. The number of hydrogen-bond donors (Lipinski definition) is 1. The molecule has 0 aliphatic heterocycles. The Bertz CT molecular complexity index is 472. The maximum atomic E-state index is 12.4. The van der Waals surface area contributed by atoms with E-state index in [1.54, 1.807) is 4.68 Å². The molecule has 3 atom stereocenters. The normalized spacial score (nSPS) is 26.4. The van der Waals surface area contributed by atoms with E-state index in [-0.39, 0.29) is 6.03 Å². The number of nitrogens with zero attached hydrogens (tertiary/aromatic N) is 3. The van der Waals surface area contributed by atoms with Gasteiger partial charge in [-0.2, -0.15) is 5.10 Å². The summed E-state index contributed by atoms with van der Waals surface area (Å²) in [4.78, 5) is 14.3. The van der Waals surface area contributed by atoms with Crippen LogP contribution in [0.25, 0.3) is 0 Å². The van der Waals surface area contributed by atoms with Gasteiger partial charge in [-0.05, 0) is 31.6 Å². The Kier molecular flexibility index (Phi) is 4.35. The molecule has 0 saturated heterocycles.